The molecule has 0 radical (unpaired) electrons. The molecule has 26 heavy (non-hydrogen) atoms. The first-order valence-electron chi connectivity index (χ1n) is 9.02. The van der Waals surface area contributed by atoms with E-state index in [4.69, 9.17) is 4.74 Å². The van der Waals surface area contributed by atoms with Crippen LogP contribution in [-0.2, 0) is 11.3 Å². The first-order chi connectivity index (χ1) is 12.0. The van der Waals surface area contributed by atoms with E-state index < -0.39 is 5.60 Å². The molecule has 0 bridgehead atoms. The molecule has 150 valence electrons. The van der Waals surface area contributed by atoms with E-state index in [1.54, 1.807) is 0 Å². The third-order valence-corrected chi connectivity index (χ3v) is 3.99. The number of morpholine rings is 1. The molecule has 0 aliphatic carbocycles. The fraction of sp³-hybridized carbons (Fsp3) is 0.765. The number of hydrogen-bond acceptors (Lipinski definition) is 5. The largest absolute Gasteiger partial charge is 0.387 e. The molecule has 1 fully saturated rings. The van der Waals surface area contributed by atoms with E-state index in [-0.39, 0.29) is 24.0 Å². The maximum Gasteiger partial charge on any atom is 0.191 e. The zero-order valence-corrected chi connectivity index (χ0v) is 18.4. The van der Waals surface area contributed by atoms with E-state index in [1.807, 2.05) is 37.8 Å². The molecular formula is C17H33IN6O2. The fourth-order valence-corrected chi connectivity index (χ4v) is 2.76. The molecule has 1 aliphatic rings. The van der Waals surface area contributed by atoms with Gasteiger partial charge in [0.2, 0.25) is 0 Å². The molecule has 1 aromatic heterocycles. The normalized spacial score (nSPS) is 18.1. The summed E-state index contributed by atoms with van der Waals surface area (Å²) in [7, 11) is 0. The summed E-state index contributed by atoms with van der Waals surface area (Å²) in [6.07, 6.45) is 3.86. The van der Waals surface area contributed by atoms with Gasteiger partial charge < -0.3 is 20.5 Å². The zero-order chi connectivity index (χ0) is 18.1. The van der Waals surface area contributed by atoms with Crippen LogP contribution in [0, 0.1) is 6.92 Å². The van der Waals surface area contributed by atoms with Gasteiger partial charge in [0.15, 0.2) is 5.96 Å². The minimum absolute atomic E-state index is 0. The molecule has 1 unspecified atom stereocenters. The maximum atomic E-state index is 10.6. The van der Waals surface area contributed by atoms with Gasteiger partial charge in [-0.1, -0.05) is 0 Å². The van der Waals surface area contributed by atoms with Crippen LogP contribution in [0.4, 0.5) is 0 Å². The monoisotopic (exact) mass is 480 g/mol. The maximum absolute atomic E-state index is 10.6. The highest BCUT2D eigenvalue weighted by molar-refractivity contribution is 14.0. The molecule has 0 spiro atoms. The summed E-state index contributed by atoms with van der Waals surface area (Å²) in [5.74, 6) is 0.716. The van der Waals surface area contributed by atoms with Crippen molar-refractivity contribution in [2.45, 2.75) is 32.9 Å². The lowest BCUT2D eigenvalue weighted by Crippen LogP contribution is -2.48. The summed E-state index contributed by atoms with van der Waals surface area (Å²) in [5, 5.41) is 21.4. The summed E-state index contributed by atoms with van der Waals surface area (Å²) in [4.78, 5) is 6.77. The number of aliphatic imine (C=N–C) groups is 1. The van der Waals surface area contributed by atoms with Crippen molar-refractivity contribution >= 4 is 29.9 Å². The quantitative estimate of drug-likeness (QED) is 0.285. The van der Waals surface area contributed by atoms with Crippen molar-refractivity contribution in [2.75, 3.05) is 52.5 Å². The van der Waals surface area contributed by atoms with Gasteiger partial charge in [0.25, 0.3) is 0 Å². The highest BCUT2D eigenvalue weighted by Crippen LogP contribution is 2.09. The first kappa shape index (κ1) is 23.1. The number of halogens is 1. The molecule has 3 N–H and O–H groups in total. The van der Waals surface area contributed by atoms with Gasteiger partial charge in [-0.3, -0.25) is 14.6 Å². The molecule has 1 saturated heterocycles. The van der Waals surface area contributed by atoms with Gasteiger partial charge >= 0.3 is 0 Å². The van der Waals surface area contributed by atoms with E-state index >= 15 is 0 Å². The molecule has 1 aliphatic heterocycles. The van der Waals surface area contributed by atoms with Crippen molar-refractivity contribution in [2.24, 2.45) is 4.99 Å². The summed E-state index contributed by atoms with van der Waals surface area (Å²) in [6, 6.07) is 0. The number of β-amino-alcohol motifs (C(OH)–C–C–N with tert-alkyl or cyclic N) is 1. The van der Waals surface area contributed by atoms with Crippen LogP contribution in [-0.4, -0.2) is 83.8 Å². The minimum atomic E-state index is -0.862. The van der Waals surface area contributed by atoms with Crippen molar-refractivity contribution in [1.82, 2.24) is 25.3 Å². The average molecular weight is 480 g/mol. The summed E-state index contributed by atoms with van der Waals surface area (Å²) >= 11 is 0. The minimum Gasteiger partial charge on any atom is -0.387 e. The molecule has 0 aromatic carbocycles. The second kappa shape index (κ2) is 11.7. The molecule has 0 saturated carbocycles. The number of guanidine groups is 1. The number of nitrogens with zero attached hydrogens (tertiary/aromatic N) is 4. The number of rotatable bonds is 8. The van der Waals surface area contributed by atoms with Crippen LogP contribution in [0.3, 0.4) is 0 Å². The molecule has 2 heterocycles. The molecule has 1 atom stereocenters. The van der Waals surface area contributed by atoms with Crippen molar-refractivity contribution in [3.05, 3.63) is 18.0 Å². The Hall–Kier alpha value is -0.910. The number of aryl methyl sites for hydroxylation is 1. The van der Waals surface area contributed by atoms with Gasteiger partial charge in [-0.25, -0.2) is 0 Å². The number of hydrogen-bond donors (Lipinski definition) is 3. The van der Waals surface area contributed by atoms with Crippen LogP contribution in [0.25, 0.3) is 0 Å². The van der Waals surface area contributed by atoms with Crippen LogP contribution in [0.2, 0.25) is 0 Å². The summed E-state index contributed by atoms with van der Waals surface area (Å²) in [6.45, 7) is 12.3. The van der Waals surface area contributed by atoms with Gasteiger partial charge in [0.05, 0.1) is 38.1 Å². The van der Waals surface area contributed by atoms with E-state index in [0.717, 1.165) is 51.5 Å². The molecule has 8 nitrogen and oxygen atoms in total. The molecular weight excluding hydrogens is 447 g/mol. The third-order valence-electron chi connectivity index (χ3n) is 3.99. The Morgan fingerprint density at radius 1 is 1.38 bits per heavy atom. The Morgan fingerprint density at radius 3 is 2.73 bits per heavy atom. The standard InChI is InChI=1S/C17H32N6O2.HI/c1-4-18-16(19-5-6-23-12-15(2)11-21-23)20-13-17(3,24)14-22-7-9-25-10-8-22;/h11-12,24H,4-10,13-14H2,1-3H3,(H2,18,19,20);1H. The van der Waals surface area contributed by atoms with E-state index in [2.05, 4.69) is 25.6 Å². The SMILES string of the molecule is CCNC(=NCC(C)(O)CN1CCOCC1)NCCn1cc(C)cn1.I. The van der Waals surface area contributed by atoms with Crippen LogP contribution in [0.1, 0.15) is 19.4 Å². The Morgan fingerprint density at radius 2 is 2.12 bits per heavy atom. The molecule has 1 aromatic rings. The van der Waals surface area contributed by atoms with Crippen LogP contribution >= 0.6 is 24.0 Å². The smallest absolute Gasteiger partial charge is 0.191 e. The number of nitrogens with one attached hydrogen (secondary N) is 2. The van der Waals surface area contributed by atoms with Crippen molar-refractivity contribution in [3.8, 4) is 0 Å². The van der Waals surface area contributed by atoms with Gasteiger partial charge in [-0.05, 0) is 26.3 Å². The lowest BCUT2D eigenvalue weighted by Gasteiger charge is -2.33. The lowest BCUT2D eigenvalue weighted by molar-refractivity contribution is -0.0179. The number of aromatic nitrogens is 2. The second-order valence-corrected chi connectivity index (χ2v) is 6.79. The van der Waals surface area contributed by atoms with E-state index in [0.29, 0.717) is 19.0 Å². The van der Waals surface area contributed by atoms with Gasteiger partial charge in [0, 0.05) is 38.9 Å². The third kappa shape index (κ3) is 8.65. The van der Waals surface area contributed by atoms with Crippen molar-refractivity contribution in [1.29, 1.82) is 0 Å². The highest BCUT2D eigenvalue weighted by Gasteiger charge is 2.25. The van der Waals surface area contributed by atoms with Crippen LogP contribution in [0.15, 0.2) is 17.4 Å². The van der Waals surface area contributed by atoms with E-state index in [1.165, 1.54) is 0 Å². The molecule has 0 amide bonds. The van der Waals surface area contributed by atoms with Crippen LogP contribution < -0.4 is 10.6 Å². The predicted molar refractivity (Wildman–Crippen MR) is 114 cm³/mol. The second-order valence-electron chi connectivity index (χ2n) is 6.79. The molecule has 9 heteroatoms. The predicted octanol–water partition coefficient (Wildman–Crippen LogP) is 0.448. The first-order valence-corrected chi connectivity index (χ1v) is 9.02. The van der Waals surface area contributed by atoms with Crippen molar-refractivity contribution in [3.63, 3.8) is 0 Å². The number of ether oxygens (including phenoxy) is 1. The topological polar surface area (TPSA) is 86.9 Å². The van der Waals surface area contributed by atoms with Gasteiger partial charge in [-0.15, -0.1) is 24.0 Å². The zero-order valence-electron chi connectivity index (χ0n) is 16.1. The van der Waals surface area contributed by atoms with Gasteiger partial charge in [0.1, 0.15) is 0 Å². The summed E-state index contributed by atoms with van der Waals surface area (Å²) < 4.78 is 7.25. The van der Waals surface area contributed by atoms with E-state index in [9.17, 15) is 5.11 Å². The van der Waals surface area contributed by atoms with Gasteiger partial charge in [-0.2, -0.15) is 5.10 Å². The average Bonchev–Trinajstić information content (AvgIpc) is 2.98. The lowest BCUT2D eigenvalue weighted by atomic mass is 10.1. The molecule has 2 rings (SSSR count). The highest BCUT2D eigenvalue weighted by atomic mass is 127. The Bertz CT molecular complexity index is 543. The fourth-order valence-electron chi connectivity index (χ4n) is 2.76. The van der Waals surface area contributed by atoms with Crippen molar-refractivity contribution < 1.29 is 9.84 Å². The Kier molecular flexibility index (Phi) is 10.4. The number of aliphatic hydroxyl groups is 1. The Labute approximate surface area is 173 Å². The Balaban J connectivity index is 0.00000338. The van der Waals surface area contributed by atoms with Crippen LogP contribution in [0.5, 0.6) is 0 Å². The summed E-state index contributed by atoms with van der Waals surface area (Å²) in [5.41, 5.74) is 0.290.